The number of hydrogen-bond acceptors (Lipinski definition) is 12. The van der Waals surface area contributed by atoms with Gasteiger partial charge in [0.25, 0.3) is 0 Å². The zero-order valence-electron chi connectivity index (χ0n) is 26.1. The van der Waals surface area contributed by atoms with Crippen LogP contribution in [0.5, 0.6) is 11.6 Å². The molecule has 0 unspecified atom stereocenters. The molecule has 3 aromatic rings. The first kappa shape index (κ1) is 32.2. The number of aromatic nitrogens is 4. The van der Waals surface area contributed by atoms with E-state index in [-0.39, 0.29) is 56.7 Å². The average molecular weight is 631 g/mol. The van der Waals surface area contributed by atoms with Crippen LogP contribution in [0.4, 0.5) is 15.0 Å². The predicted octanol–water partition coefficient (Wildman–Crippen LogP) is 3.65. The van der Waals surface area contributed by atoms with Gasteiger partial charge in [0.2, 0.25) is 5.88 Å². The smallest absolute Gasteiger partial charge is 0.407 e. The van der Waals surface area contributed by atoms with E-state index in [2.05, 4.69) is 15.4 Å². The van der Waals surface area contributed by atoms with E-state index in [1.807, 2.05) is 4.90 Å². The average Bonchev–Trinajstić information content (AvgIpc) is 3.62. The van der Waals surface area contributed by atoms with Crippen LogP contribution in [0, 0.1) is 5.82 Å². The van der Waals surface area contributed by atoms with Crippen LogP contribution in [-0.2, 0) is 25.5 Å². The number of pyridine rings is 1. The fourth-order valence-electron chi connectivity index (χ4n) is 5.35. The normalized spacial score (nSPS) is 18.1. The SMILES string of the molecule is CCOC(=O)c1cnn2cc3c(nc12)N(Cc1cc(F)cnc1OC[C@H](CNC(=O)OC(C)(C)C)OCOC)[C@@H]1CCC[C@@H]1O3. The topological polar surface area (TPSA) is 148 Å². The van der Waals surface area contributed by atoms with Crippen molar-refractivity contribution in [3.05, 3.63) is 41.6 Å². The summed E-state index contributed by atoms with van der Waals surface area (Å²) >= 11 is 0. The zero-order valence-corrected chi connectivity index (χ0v) is 26.1. The maximum Gasteiger partial charge on any atom is 0.407 e. The van der Waals surface area contributed by atoms with Gasteiger partial charge < -0.3 is 38.6 Å². The maximum absolute atomic E-state index is 14.6. The standard InChI is InChI=1S/C30H39FN6O8/c1-6-41-28(38)21-13-34-37-15-24-26(35-25(21)37)36(22-8-7-9-23(22)44-24)14-18-10-19(31)11-32-27(18)42-16-20(43-17-40-5)12-33-29(39)45-30(2,3)4/h10-11,13,15,20,22-23H,6-9,12,14,16-17H2,1-5H3,(H,33,39)/t20-,22+,23-/m0/s1. The molecule has 2 aliphatic rings. The molecule has 1 N–H and O–H groups in total. The number of anilines is 1. The molecule has 3 aromatic heterocycles. The first-order chi connectivity index (χ1) is 21.6. The van der Waals surface area contributed by atoms with Gasteiger partial charge in [-0.3, -0.25) is 0 Å². The minimum atomic E-state index is -0.661. The van der Waals surface area contributed by atoms with E-state index in [4.69, 9.17) is 33.4 Å². The molecule has 1 saturated carbocycles. The van der Waals surface area contributed by atoms with Crippen LogP contribution in [0.2, 0.25) is 0 Å². The lowest BCUT2D eigenvalue weighted by Gasteiger charge is -2.39. The Labute approximate surface area is 260 Å². The number of hydrogen-bond donors (Lipinski definition) is 1. The predicted molar refractivity (Wildman–Crippen MR) is 158 cm³/mol. The van der Waals surface area contributed by atoms with E-state index < -0.39 is 29.6 Å². The minimum absolute atomic E-state index is 0.0197. The number of esters is 1. The molecule has 5 rings (SSSR count). The number of alkyl carbamates (subject to hydrolysis) is 1. The molecule has 1 amide bonds. The number of nitrogens with zero attached hydrogens (tertiary/aromatic N) is 5. The van der Waals surface area contributed by atoms with Crippen molar-refractivity contribution >= 4 is 23.5 Å². The summed E-state index contributed by atoms with van der Waals surface area (Å²) in [6.07, 6.45) is 5.48. The molecule has 0 radical (unpaired) electrons. The second-order valence-corrected chi connectivity index (χ2v) is 11.8. The van der Waals surface area contributed by atoms with Crippen LogP contribution in [0.3, 0.4) is 0 Å². The summed E-state index contributed by atoms with van der Waals surface area (Å²) in [5.41, 5.74) is 0.361. The number of nitrogens with one attached hydrogen (secondary N) is 1. The molecule has 15 heteroatoms. The number of halogens is 1. The number of fused-ring (bicyclic) bond motifs is 3. The maximum atomic E-state index is 14.6. The molecule has 0 saturated heterocycles. The minimum Gasteiger partial charge on any atom is -0.483 e. The van der Waals surface area contributed by atoms with Gasteiger partial charge in [-0.1, -0.05) is 0 Å². The molecule has 1 aliphatic carbocycles. The van der Waals surface area contributed by atoms with Crippen LogP contribution < -0.4 is 19.7 Å². The van der Waals surface area contributed by atoms with Crippen molar-refractivity contribution in [1.82, 2.24) is 24.9 Å². The number of methoxy groups -OCH3 is 1. The molecule has 3 atom stereocenters. The van der Waals surface area contributed by atoms with Gasteiger partial charge in [0.1, 0.15) is 42.6 Å². The molecule has 14 nitrogen and oxygen atoms in total. The lowest BCUT2D eigenvalue weighted by atomic mass is 10.1. The Morgan fingerprint density at radius 1 is 1.24 bits per heavy atom. The highest BCUT2D eigenvalue weighted by Gasteiger charge is 2.41. The lowest BCUT2D eigenvalue weighted by Crippen LogP contribution is -2.47. The summed E-state index contributed by atoms with van der Waals surface area (Å²) in [5, 5.41) is 6.95. The Morgan fingerprint density at radius 2 is 2.07 bits per heavy atom. The molecular formula is C30H39FN6O8. The summed E-state index contributed by atoms with van der Waals surface area (Å²) < 4.78 is 49.7. The summed E-state index contributed by atoms with van der Waals surface area (Å²) in [5.74, 6) is 0.127. The molecule has 244 valence electrons. The Balaban J connectivity index is 1.39. The Bertz CT molecular complexity index is 1510. The van der Waals surface area contributed by atoms with Crippen molar-refractivity contribution in [2.75, 3.05) is 38.6 Å². The van der Waals surface area contributed by atoms with Gasteiger partial charge in [-0.05, 0) is 53.0 Å². The van der Waals surface area contributed by atoms with Crippen molar-refractivity contribution in [2.45, 2.75) is 77.4 Å². The molecular weight excluding hydrogens is 591 g/mol. The lowest BCUT2D eigenvalue weighted by molar-refractivity contribution is -0.0830. The van der Waals surface area contributed by atoms with Crippen molar-refractivity contribution in [1.29, 1.82) is 0 Å². The van der Waals surface area contributed by atoms with Crippen molar-refractivity contribution in [2.24, 2.45) is 0 Å². The Morgan fingerprint density at radius 3 is 2.82 bits per heavy atom. The van der Waals surface area contributed by atoms with Crippen LogP contribution in [0.25, 0.3) is 5.65 Å². The molecule has 45 heavy (non-hydrogen) atoms. The van der Waals surface area contributed by atoms with Gasteiger partial charge in [-0.2, -0.15) is 5.10 Å². The Hall–Kier alpha value is -4.24. The highest BCUT2D eigenvalue weighted by atomic mass is 19.1. The molecule has 0 bridgehead atoms. The van der Waals surface area contributed by atoms with E-state index in [0.29, 0.717) is 22.8 Å². The van der Waals surface area contributed by atoms with Gasteiger partial charge in [0, 0.05) is 12.7 Å². The van der Waals surface area contributed by atoms with Crippen LogP contribution in [-0.4, -0.2) is 89.2 Å². The van der Waals surface area contributed by atoms with E-state index >= 15 is 0 Å². The monoisotopic (exact) mass is 630 g/mol. The molecule has 1 fully saturated rings. The molecule has 0 aromatic carbocycles. The summed E-state index contributed by atoms with van der Waals surface area (Å²) in [7, 11) is 1.48. The summed E-state index contributed by atoms with van der Waals surface area (Å²) in [4.78, 5) is 35.9. The fourth-order valence-corrected chi connectivity index (χ4v) is 5.35. The van der Waals surface area contributed by atoms with Crippen LogP contribution >= 0.6 is 0 Å². The second-order valence-electron chi connectivity index (χ2n) is 11.8. The Kier molecular flexibility index (Phi) is 9.87. The van der Waals surface area contributed by atoms with Gasteiger partial charge in [-0.15, -0.1) is 0 Å². The molecule has 1 aliphatic heterocycles. The summed E-state index contributed by atoms with van der Waals surface area (Å²) in [6, 6.07) is 1.32. The molecule has 0 spiro atoms. The molecule has 4 heterocycles. The van der Waals surface area contributed by atoms with Gasteiger partial charge in [0.15, 0.2) is 17.2 Å². The summed E-state index contributed by atoms with van der Waals surface area (Å²) in [6.45, 7) is 7.46. The number of amides is 1. The highest BCUT2D eigenvalue weighted by Crippen LogP contribution is 2.42. The number of carbonyl (C=O) groups is 2. The van der Waals surface area contributed by atoms with Gasteiger partial charge >= 0.3 is 12.1 Å². The third-order valence-electron chi connectivity index (χ3n) is 7.24. The fraction of sp³-hybridized carbons (Fsp3) is 0.567. The van der Waals surface area contributed by atoms with E-state index in [0.717, 1.165) is 25.5 Å². The number of rotatable bonds is 12. The van der Waals surface area contributed by atoms with E-state index in [9.17, 15) is 14.0 Å². The van der Waals surface area contributed by atoms with Crippen molar-refractivity contribution < 1.29 is 42.4 Å². The van der Waals surface area contributed by atoms with E-state index in [1.54, 1.807) is 33.9 Å². The highest BCUT2D eigenvalue weighted by molar-refractivity contribution is 5.96. The first-order valence-corrected chi connectivity index (χ1v) is 14.9. The number of carbonyl (C=O) groups excluding carboxylic acids is 2. The van der Waals surface area contributed by atoms with Crippen LogP contribution in [0.1, 0.15) is 62.9 Å². The first-order valence-electron chi connectivity index (χ1n) is 14.9. The van der Waals surface area contributed by atoms with Crippen molar-refractivity contribution in [3.63, 3.8) is 0 Å². The van der Waals surface area contributed by atoms with Gasteiger partial charge in [0.05, 0.1) is 44.3 Å². The third-order valence-corrected chi connectivity index (χ3v) is 7.24. The largest absolute Gasteiger partial charge is 0.483 e. The quantitative estimate of drug-likeness (QED) is 0.230. The van der Waals surface area contributed by atoms with Crippen molar-refractivity contribution in [3.8, 4) is 11.6 Å². The third kappa shape index (κ3) is 7.71. The van der Waals surface area contributed by atoms with Gasteiger partial charge in [-0.25, -0.2) is 28.5 Å². The van der Waals surface area contributed by atoms with E-state index in [1.165, 1.54) is 23.9 Å². The second kappa shape index (κ2) is 13.8. The van der Waals surface area contributed by atoms with Crippen LogP contribution in [0.15, 0.2) is 24.7 Å². The zero-order chi connectivity index (χ0) is 32.1. The number of ether oxygens (including phenoxy) is 6.